The van der Waals surface area contributed by atoms with Crippen LogP contribution in [0.3, 0.4) is 0 Å². The van der Waals surface area contributed by atoms with Gasteiger partial charge in [0.25, 0.3) is 0 Å². The minimum absolute atomic E-state index is 0.0395. The maximum Gasteiger partial charge on any atom is 0.376 e. The molecule has 0 aliphatic heterocycles. The Morgan fingerprint density at radius 3 is 3.05 bits per heavy atom. The molecule has 1 unspecified atom stereocenters. The van der Waals surface area contributed by atoms with Crippen LogP contribution in [0.1, 0.15) is 23.3 Å². The molecule has 1 N–H and O–H groups in total. The van der Waals surface area contributed by atoms with Gasteiger partial charge in [-0.05, 0) is 25.1 Å². The van der Waals surface area contributed by atoms with Crippen molar-refractivity contribution in [3.05, 3.63) is 42.2 Å². The van der Waals surface area contributed by atoms with Gasteiger partial charge in [0, 0.05) is 18.7 Å². The maximum absolute atomic E-state index is 11.3. The maximum atomic E-state index is 11.3. The molecule has 0 aliphatic rings. The van der Waals surface area contributed by atoms with Gasteiger partial charge in [-0.2, -0.15) is 0 Å². The molecule has 0 radical (unpaired) electrons. The lowest BCUT2D eigenvalue weighted by Crippen LogP contribution is -2.19. The summed E-state index contributed by atoms with van der Waals surface area (Å²) in [5, 5.41) is 3.18. The van der Waals surface area contributed by atoms with Gasteiger partial charge in [-0.3, -0.25) is 0 Å². The van der Waals surface area contributed by atoms with Crippen LogP contribution < -0.4 is 5.32 Å². The summed E-state index contributed by atoms with van der Waals surface area (Å²) in [6.07, 6.45) is 3.88. The lowest BCUT2D eigenvalue weighted by atomic mass is 10.2. The van der Waals surface area contributed by atoms with E-state index in [1.54, 1.807) is 12.3 Å². The first-order valence-electron chi connectivity index (χ1n) is 5.89. The quantitative estimate of drug-likeness (QED) is 0.828. The van der Waals surface area contributed by atoms with E-state index in [-0.39, 0.29) is 11.9 Å². The van der Waals surface area contributed by atoms with Gasteiger partial charge in [0.2, 0.25) is 5.82 Å². The molecule has 19 heavy (non-hydrogen) atoms. The molecule has 0 saturated heterocycles. The Labute approximate surface area is 110 Å². The minimum Gasteiger partial charge on any atom is -0.469 e. The Hall–Kier alpha value is -2.37. The van der Waals surface area contributed by atoms with Crippen molar-refractivity contribution in [1.82, 2.24) is 9.97 Å². The molecule has 0 aromatic carbocycles. The average Bonchev–Trinajstić information content (AvgIpc) is 2.90. The second kappa shape index (κ2) is 5.99. The van der Waals surface area contributed by atoms with E-state index in [4.69, 9.17) is 4.42 Å². The van der Waals surface area contributed by atoms with E-state index in [9.17, 15) is 4.79 Å². The molecule has 2 aromatic heterocycles. The monoisotopic (exact) mass is 261 g/mol. The molecule has 0 bridgehead atoms. The second-order valence-electron chi connectivity index (χ2n) is 4.09. The molecule has 2 rings (SSSR count). The molecule has 1 atom stereocenters. The number of hydrogen-bond acceptors (Lipinski definition) is 6. The van der Waals surface area contributed by atoms with Gasteiger partial charge >= 0.3 is 5.97 Å². The standard InChI is InChI=1S/C13H15N3O3/c1-9(8-10-4-3-7-19-10)15-11-5-6-14-12(16-11)13(17)18-2/h3-7,9H,8H2,1-2H3,(H,14,15,16). The average molecular weight is 261 g/mol. The number of carbonyl (C=O) groups is 1. The lowest BCUT2D eigenvalue weighted by Gasteiger charge is -2.13. The number of rotatable bonds is 5. The Morgan fingerprint density at radius 2 is 2.37 bits per heavy atom. The summed E-state index contributed by atoms with van der Waals surface area (Å²) in [4.78, 5) is 19.3. The molecule has 0 amide bonds. The van der Waals surface area contributed by atoms with Crippen molar-refractivity contribution in [2.24, 2.45) is 0 Å². The van der Waals surface area contributed by atoms with Crippen LogP contribution in [-0.4, -0.2) is 29.1 Å². The molecular formula is C13H15N3O3. The van der Waals surface area contributed by atoms with Gasteiger partial charge in [0.05, 0.1) is 13.4 Å². The lowest BCUT2D eigenvalue weighted by molar-refractivity contribution is 0.0587. The van der Waals surface area contributed by atoms with E-state index in [0.29, 0.717) is 5.82 Å². The van der Waals surface area contributed by atoms with Crippen molar-refractivity contribution in [2.75, 3.05) is 12.4 Å². The molecule has 6 heteroatoms. The fourth-order valence-electron chi connectivity index (χ4n) is 1.66. The first-order valence-corrected chi connectivity index (χ1v) is 5.89. The number of anilines is 1. The van der Waals surface area contributed by atoms with E-state index in [1.165, 1.54) is 13.3 Å². The summed E-state index contributed by atoms with van der Waals surface area (Å²) in [6, 6.07) is 5.58. The predicted molar refractivity (Wildman–Crippen MR) is 68.9 cm³/mol. The second-order valence-corrected chi connectivity index (χ2v) is 4.09. The van der Waals surface area contributed by atoms with Gasteiger partial charge in [-0.25, -0.2) is 14.8 Å². The van der Waals surface area contributed by atoms with E-state index in [0.717, 1.165) is 12.2 Å². The molecule has 2 aromatic rings. The number of aromatic nitrogens is 2. The number of furan rings is 1. The highest BCUT2D eigenvalue weighted by Crippen LogP contribution is 2.09. The third-order valence-corrected chi connectivity index (χ3v) is 2.51. The molecular weight excluding hydrogens is 246 g/mol. The van der Waals surface area contributed by atoms with Crippen LogP contribution in [-0.2, 0) is 11.2 Å². The first kappa shape index (κ1) is 13.1. The molecule has 0 spiro atoms. The van der Waals surface area contributed by atoms with Crippen molar-refractivity contribution in [3.63, 3.8) is 0 Å². The third kappa shape index (κ3) is 3.54. The molecule has 0 saturated carbocycles. The van der Waals surface area contributed by atoms with Crippen LogP contribution >= 0.6 is 0 Å². The normalized spacial score (nSPS) is 11.9. The third-order valence-electron chi connectivity index (χ3n) is 2.51. The summed E-state index contributed by atoms with van der Waals surface area (Å²) < 4.78 is 9.85. The van der Waals surface area contributed by atoms with E-state index in [2.05, 4.69) is 20.0 Å². The molecule has 0 aliphatic carbocycles. The van der Waals surface area contributed by atoms with Crippen molar-refractivity contribution in [1.29, 1.82) is 0 Å². The highest BCUT2D eigenvalue weighted by atomic mass is 16.5. The summed E-state index contributed by atoms with van der Waals surface area (Å²) >= 11 is 0. The number of nitrogens with zero attached hydrogens (tertiary/aromatic N) is 2. The Morgan fingerprint density at radius 1 is 1.53 bits per heavy atom. The zero-order chi connectivity index (χ0) is 13.7. The summed E-state index contributed by atoms with van der Waals surface area (Å²) in [5.41, 5.74) is 0. The predicted octanol–water partition coefficient (Wildman–Crippen LogP) is 1.90. The molecule has 6 nitrogen and oxygen atoms in total. The van der Waals surface area contributed by atoms with E-state index < -0.39 is 5.97 Å². The van der Waals surface area contributed by atoms with Crippen LogP contribution in [0.4, 0.5) is 5.82 Å². The smallest absolute Gasteiger partial charge is 0.376 e. The van der Waals surface area contributed by atoms with Crippen LogP contribution in [0.2, 0.25) is 0 Å². The zero-order valence-corrected chi connectivity index (χ0v) is 10.8. The van der Waals surface area contributed by atoms with Crippen molar-refractivity contribution < 1.29 is 13.9 Å². The summed E-state index contributed by atoms with van der Waals surface area (Å²) in [7, 11) is 1.30. The molecule has 100 valence electrons. The van der Waals surface area contributed by atoms with Crippen molar-refractivity contribution in [2.45, 2.75) is 19.4 Å². The largest absolute Gasteiger partial charge is 0.469 e. The van der Waals surface area contributed by atoms with E-state index in [1.807, 2.05) is 19.1 Å². The SMILES string of the molecule is COC(=O)c1nccc(NC(C)Cc2ccco2)n1. The van der Waals surface area contributed by atoms with Crippen molar-refractivity contribution in [3.8, 4) is 0 Å². The van der Waals surface area contributed by atoms with Gasteiger partial charge < -0.3 is 14.5 Å². The Kier molecular flexibility index (Phi) is 4.12. The fourth-order valence-corrected chi connectivity index (χ4v) is 1.66. The number of hydrogen-bond donors (Lipinski definition) is 1. The number of methoxy groups -OCH3 is 1. The number of ether oxygens (including phenoxy) is 1. The van der Waals surface area contributed by atoms with Crippen molar-refractivity contribution >= 4 is 11.8 Å². The topological polar surface area (TPSA) is 77.2 Å². The van der Waals surface area contributed by atoms with Crippen LogP contribution in [0.25, 0.3) is 0 Å². The first-order chi connectivity index (χ1) is 9.19. The van der Waals surface area contributed by atoms with Gasteiger partial charge in [0.1, 0.15) is 11.6 Å². The summed E-state index contributed by atoms with van der Waals surface area (Å²) in [6.45, 7) is 2.00. The van der Waals surface area contributed by atoms with Crippen LogP contribution in [0, 0.1) is 0 Å². The highest BCUT2D eigenvalue weighted by Gasteiger charge is 2.11. The Balaban J connectivity index is 2.00. The minimum atomic E-state index is -0.553. The van der Waals surface area contributed by atoms with Gasteiger partial charge in [0.15, 0.2) is 0 Å². The molecule has 2 heterocycles. The zero-order valence-electron chi connectivity index (χ0n) is 10.8. The fraction of sp³-hybridized carbons (Fsp3) is 0.308. The van der Waals surface area contributed by atoms with Crippen LogP contribution in [0.5, 0.6) is 0 Å². The van der Waals surface area contributed by atoms with E-state index >= 15 is 0 Å². The Bertz CT molecular complexity index is 540. The summed E-state index contributed by atoms with van der Waals surface area (Å²) in [5.74, 6) is 0.955. The number of esters is 1. The molecule has 0 fully saturated rings. The van der Waals surface area contributed by atoms with Crippen LogP contribution in [0.15, 0.2) is 35.1 Å². The van der Waals surface area contributed by atoms with Gasteiger partial charge in [-0.1, -0.05) is 0 Å². The number of nitrogens with one attached hydrogen (secondary N) is 1. The number of carbonyl (C=O) groups excluding carboxylic acids is 1. The highest BCUT2D eigenvalue weighted by molar-refractivity contribution is 5.85. The van der Waals surface area contributed by atoms with Gasteiger partial charge in [-0.15, -0.1) is 0 Å².